The highest BCUT2D eigenvalue weighted by Crippen LogP contribution is 2.20. The lowest BCUT2D eigenvalue weighted by molar-refractivity contribution is -0.119. The summed E-state index contributed by atoms with van der Waals surface area (Å²) in [4.78, 5) is 24.6. The molecule has 8 heteroatoms. The second kappa shape index (κ2) is 8.96. The van der Waals surface area contributed by atoms with E-state index in [4.69, 9.17) is 0 Å². The maximum Gasteiger partial charge on any atom is 0.217 e. The van der Waals surface area contributed by atoms with Crippen LogP contribution in [0.25, 0.3) is 0 Å². The largest absolute Gasteiger partial charge is 0.352 e. The van der Waals surface area contributed by atoms with E-state index < -0.39 is 0 Å². The standard InChI is InChI=1S/C19H20N4O2S2/c1-13(24)20-11-14-5-7-15(8-6-14)17(25)12-27-19-22-21-18(23(19)2)10-16-4-3-9-26-16/h3-9H,10-12H2,1-2H3,(H,20,24). The van der Waals surface area contributed by atoms with E-state index in [0.29, 0.717) is 17.9 Å². The van der Waals surface area contributed by atoms with Crippen LogP contribution in [0.4, 0.5) is 0 Å². The Morgan fingerprint density at radius 2 is 1.96 bits per heavy atom. The third kappa shape index (κ3) is 5.27. The number of rotatable bonds is 8. The molecule has 1 N–H and O–H groups in total. The highest BCUT2D eigenvalue weighted by Gasteiger charge is 2.13. The van der Waals surface area contributed by atoms with E-state index in [1.165, 1.54) is 23.6 Å². The minimum Gasteiger partial charge on any atom is -0.352 e. The third-order valence-corrected chi connectivity index (χ3v) is 5.88. The SMILES string of the molecule is CC(=O)NCc1ccc(C(=O)CSc2nnc(Cc3cccs3)n2C)cc1. The number of Topliss-reactive ketones (excluding diaryl/α,β-unsaturated/α-hetero) is 1. The van der Waals surface area contributed by atoms with Crippen LogP contribution in [0, 0.1) is 0 Å². The molecule has 0 bridgehead atoms. The molecule has 1 amide bonds. The first-order chi connectivity index (χ1) is 13.0. The number of thiophene rings is 1. The molecule has 0 fully saturated rings. The smallest absolute Gasteiger partial charge is 0.217 e. The summed E-state index contributed by atoms with van der Waals surface area (Å²) in [6, 6.07) is 11.4. The molecule has 0 aliphatic carbocycles. The molecule has 0 unspecified atom stereocenters. The van der Waals surface area contributed by atoms with Crippen molar-refractivity contribution in [3.63, 3.8) is 0 Å². The third-order valence-electron chi connectivity index (χ3n) is 3.99. The van der Waals surface area contributed by atoms with E-state index in [2.05, 4.69) is 21.6 Å². The fourth-order valence-corrected chi connectivity index (χ4v) is 3.97. The van der Waals surface area contributed by atoms with Gasteiger partial charge in [-0.2, -0.15) is 0 Å². The van der Waals surface area contributed by atoms with Crippen LogP contribution in [-0.4, -0.2) is 32.2 Å². The molecule has 6 nitrogen and oxygen atoms in total. The number of carbonyl (C=O) groups is 2. The van der Waals surface area contributed by atoms with E-state index in [1.54, 1.807) is 23.5 Å². The summed E-state index contributed by atoms with van der Waals surface area (Å²) < 4.78 is 1.94. The van der Waals surface area contributed by atoms with E-state index in [0.717, 1.165) is 23.0 Å². The van der Waals surface area contributed by atoms with E-state index in [1.807, 2.05) is 35.2 Å². The Labute approximate surface area is 166 Å². The molecule has 140 valence electrons. The number of hydrogen-bond acceptors (Lipinski definition) is 6. The van der Waals surface area contributed by atoms with Crippen molar-refractivity contribution in [2.24, 2.45) is 7.05 Å². The van der Waals surface area contributed by atoms with Crippen LogP contribution in [0.15, 0.2) is 46.9 Å². The molecule has 1 aromatic carbocycles. The van der Waals surface area contributed by atoms with Gasteiger partial charge in [-0.25, -0.2) is 0 Å². The molecule has 0 aliphatic rings. The molecule has 0 aliphatic heterocycles. The molecule has 0 radical (unpaired) electrons. The lowest BCUT2D eigenvalue weighted by Crippen LogP contribution is -2.18. The molecule has 3 rings (SSSR count). The first kappa shape index (κ1) is 19.3. The van der Waals surface area contributed by atoms with Crippen LogP contribution in [0.3, 0.4) is 0 Å². The molecule has 0 spiro atoms. The number of nitrogens with one attached hydrogen (secondary N) is 1. The quantitative estimate of drug-likeness (QED) is 0.464. The minimum atomic E-state index is -0.0753. The van der Waals surface area contributed by atoms with Gasteiger partial charge >= 0.3 is 0 Å². The van der Waals surface area contributed by atoms with Crippen LogP contribution in [0.5, 0.6) is 0 Å². The Bertz CT molecular complexity index is 918. The molecule has 0 saturated carbocycles. The second-order valence-corrected chi connectivity index (χ2v) is 8.01. The highest BCUT2D eigenvalue weighted by atomic mass is 32.2. The Morgan fingerprint density at radius 3 is 2.63 bits per heavy atom. The molecule has 0 saturated heterocycles. The number of amides is 1. The van der Waals surface area contributed by atoms with Gasteiger partial charge in [0.1, 0.15) is 5.82 Å². The van der Waals surface area contributed by atoms with Crippen molar-refractivity contribution in [1.82, 2.24) is 20.1 Å². The van der Waals surface area contributed by atoms with Crippen molar-refractivity contribution in [3.05, 3.63) is 63.6 Å². The normalized spacial score (nSPS) is 10.7. The number of hydrogen-bond donors (Lipinski definition) is 1. The van der Waals surface area contributed by atoms with Gasteiger partial charge in [-0.15, -0.1) is 21.5 Å². The van der Waals surface area contributed by atoms with Gasteiger partial charge < -0.3 is 9.88 Å². The van der Waals surface area contributed by atoms with E-state index >= 15 is 0 Å². The number of carbonyl (C=O) groups excluding carboxylic acids is 2. The lowest BCUT2D eigenvalue weighted by atomic mass is 10.1. The number of nitrogens with zero attached hydrogens (tertiary/aromatic N) is 3. The molecule has 0 atom stereocenters. The van der Waals surface area contributed by atoms with Gasteiger partial charge in [0.05, 0.1) is 5.75 Å². The number of thioether (sulfide) groups is 1. The fraction of sp³-hybridized carbons (Fsp3) is 0.263. The topological polar surface area (TPSA) is 76.9 Å². The number of ketones is 1. The Hall–Kier alpha value is -2.45. The Morgan fingerprint density at radius 1 is 1.19 bits per heavy atom. The van der Waals surface area contributed by atoms with E-state index in [9.17, 15) is 9.59 Å². The van der Waals surface area contributed by atoms with E-state index in [-0.39, 0.29) is 11.7 Å². The predicted molar refractivity (Wildman–Crippen MR) is 107 cm³/mol. The first-order valence-corrected chi connectivity index (χ1v) is 10.3. The molecule has 27 heavy (non-hydrogen) atoms. The predicted octanol–water partition coefficient (Wildman–Crippen LogP) is 3.08. The van der Waals surface area contributed by atoms with Crippen LogP contribution in [-0.2, 0) is 24.8 Å². The van der Waals surface area contributed by atoms with Gasteiger partial charge in [0.15, 0.2) is 10.9 Å². The van der Waals surface area contributed by atoms with Gasteiger partial charge in [0, 0.05) is 37.4 Å². The van der Waals surface area contributed by atoms with Crippen LogP contribution in [0.2, 0.25) is 0 Å². The summed E-state index contributed by atoms with van der Waals surface area (Å²) >= 11 is 3.08. The zero-order valence-electron chi connectivity index (χ0n) is 15.1. The Kier molecular flexibility index (Phi) is 6.41. The van der Waals surface area contributed by atoms with Crippen molar-refractivity contribution >= 4 is 34.8 Å². The van der Waals surface area contributed by atoms with Crippen molar-refractivity contribution in [1.29, 1.82) is 0 Å². The summed E-state index contributed by atoms with van der Waals surface area (Å²) in [6.45, 7) is 1.94. The summed E-state index contributed by atoms with van der Waals surface area (Å²) in [6.07, 6.45) is 0.742. The maximum atomic E-state index is 12.4. The molecule has 3 aromatic rings. The van der Waals surface area contributed by atoms with Gasteiger partial charge in [-0.1, -0.05) is 42.1 Å². The van der Waals surface area contributed by atoms with Gasteiger partial charge in [0.25, 0.3) is 0 Å². The van der Waals surface area contributed by atoms with Gasteiger partial charge in [0.2, 0.25) is 5.91 Å². The molecular formula is C19H20N4O2S2. The molecule has 2 heterocycles. The average Bonchev–Trinajstić information content (AvgIpc) is 3.29. The van der Waals surface area contributed by atoms with Crippen molar-refractivity contribution in [3.8, 4) is 0 Å². The van der Waals surface area contributed by atoms with Crippen LogP contribution in [0.1, 0.15) is 33.5 Å². The monoisotopic (exact) mass is 400 g/mol. The maximum absolute atomic E-state index is 12.4. The molecule has 2 aromatic heterocycles. The Balaban J connectivity index is 1.56. The zero-order valence-corrected chi connectivity index (χ0v) is 16.8. The fourth-order valence-electron chi connectivity index (χ4n) is 2.44. The summed E-state index contributed by atoms with van der Waals surface area (Å²) in [5.74, 6) is 1.15. The summed E-state index contributed by atoms with van der Waals surface area (Å²) in [5.41, 5.74) is 1.61. The molecular weight excluding hydrogens is 380 g/mol. The average molecular weight is 401 g/mol. The number of benzene rings is 1. The summed E-state index contributed by atoms with van der Waals surface area (Å²) in [7, 11) is 1.92. The van der Waals surface area contributed by atoms with Crippen molar-refractivity contribution in [2.75, 3.05) is 5.75 Å². The minimum absolute atomic E-state index is 0.0360. The zero-order chi connectivity index (χ0) is 19.2. The summed E-state index contributed by atoms with van der Waals surface area (Å²) in [5, 5.41) is 14.0. The van der Waals surface area contributed by atoms with Gasteiger partial charge in [-0.3, -0.25) is 9.59 Å². The second-order valence-electron chi connectivity index (χ2n) is 6.03. The first-order valence-electron chi connectivity index (χ1n) is 8.43. The lowest BCUT2D eigenvalue weighted by Gasteiger charge is -2.05. The van der Waals surface area contributed by atoms with Crippen molar-refractivity contribution in [2.45, 2.75) is 25.0 Å². The highest BCUT2D eigenvalue weighted by molar-refractivity contribution is 7.99. The van der Waals surface area contributed by atoms with Crippen molar-refractivity contribution < 1.29 is 9.59 Å². The van der Waals surface area contributed by atoms with Crippen LogP contribution < -0.4 is 5.32 Å². The van der Waals surface area contributed by atoms with Gasteiger partial charge in [-0.05, 0) is 17.0 Å². The van der Waals surface area contributed by atoms with Crippen LogP contribution >= 0.6 is 23.1 Å². The number of aromatic nitrogens is 3.